The number of fused-ring (bicyclic) bond motifs is 1. The van der Waals surface area contributed by atoms with E-state index >= 15 is 0 Å². The zero-order valence-electron chi connectivity index (χ0n) is 8.04. The van der Waals surface area contributed by atoms with Crippen molar-refractivity contribution in [3.8, 4) is 0 Å². The van der Waals surface area contributed by atoms with Crippen molar-refractivity contribution in [1.29, 1.82) is 0 Å². The highest BCUT2D eigenvalue weighted by atomic mass is 35.5. The molecule has 0 spiro atoms. The molecule has 0 atom stereocenters. The van der Waals surface area contributed by atoms with Gasteiger partial charge in [0.1, 0.15) is 11.0 Å². The van der Waals surface area contributed by atoms with Crippen LogP contribution < -0.4 is 5.32 Å². The number of hydrogen-bond donors (Lipinski definition) is 1. The Balaban J connectivity index is 2.38. The molecule has 0 saturated heterocycles. The molecule has 4 nitrogen and oxygen atoms in total. The van der Waals surface area contributed by atoms with Crippen LogP contribution in [0.5, 0.6) is 0 Å². The standard InChI is InChI=1S/C9H7Cl2N3OS/c10-4-3-7(15)12-8-5(11)1-2-6-9(8)14-16-13-6/h1-2H,3-4H2,(H,12,15). The number of hydrogen-bond acceptors (Lipinski definition) is 4. The summed E-state index contributed by atoms with van der Waals surface area (Å²) in [5, 5.41) is 3.14. The summed E-state index contributed by atoms with van der Waals surface area (Å²) in [6.45, 7) is 0. The van der Waals surface area contributed by atoms with Gasteiger partial charge in [-0.05, 0) is 12.1 Å². The summed E-state index contributed by atoms with van der Waals surface area (Å²) in [5.41, 5.74) is 1.83. The van der Waals surface area contributed by atoms with Gasteiger partial charge >= 0.3 is 0 Å². The fourth-order valence-electron chi connectivity index (χ4n) is 1.23. The second-order valence-corrected chi connectivity index (χ2v) is 4.36. The zero-order valence-corrected chi connectivity index (χ0v) is 10.4. The Morgan fingerprint density at radius 2 is 2.25 bits per heavy atom. The molecule has 0 unspecified atom stereocenters. The minimum atomic E-state index is -0.183. The summed E-state index contributed by atoms with van der Waals surface area (Å²) in [6, 6.07) is 3.44. The largest absolute Gasteiger partial charge is 0.323 e. The van der Waals surface area contributed by atoms with E-state index in [-0.39, 0.29) is 18.2 Å². The van der Waals surface area contributed by atoms with Crippen molar-refractivity contribution >= 4 is 57.6 Å². The highest BCUT2D eigenvalue weighted by molar-refractivity contribution is 7.00. The minimum absolute atomic E-state index is 0.183. The molecule has 0 aliphatic rings. The van der Waals surface area contributed by atoms with Gasteiger partial charge in [-0.1, -0.05) is 11.6 Å². The van der Waals surface area contributed by atoms with Crippen LogP contribution in [0.1, 0.15) is 6.42 Å². The fourth-order valence-corrected chi connectivity index (χ4v) is 2.15. The summed E-state index contributed by atoms with van der Waals surface area (Å²) < 4.78 is 8.16. The number of aromatic nitrogens is 2. The van der Waals surface area contributed by atoms with Crippen LogP contribution >= 0.6 is 34.9 Å². The molecule has 2 rings (SSSR count). The number of benzene rings is 1. The summed E-state index contributed by atoms with van der Waals surface area (Å²) in [4.78, 5) is 11.4. The highest BCUT2D eigenvalue weighted by Gasteiger charge is 2.12. The van der Waals surface area contributed by atoms with Gasteiger partial charge in [-0.3, -0.25) is 4.79 Å². The molecule has 7 heteroatoms. The van der Waals surface area contributed by atoms with Gasteiger partial charge in [-0.25, -0.2) is 0 Å². The van der Waals surface area contributed by atoms with E-state index in [2.05, 4.69) is 14.1 Å². The van der Waals surface area contributed by atoms with E-state index in [1.165, 1.54) is 0 Å². The predicted molar refractivity (Wildman–Crippen MR) is 66.4 cm³/mol. The molecular weight excluding hydrogens is 269 g/mol. The van der Waals surface area contributed by atoms with Crippen molar-refractivity contribution in [1.82, 2.24) is 8.75 Å². The molecule has 1 heterocycles. The lowest BCUT2D eigenvalue weighted by Gasteiger charge is -2.06. The van der Waals surface area contributed by atoms with Crippen molar-refractivity contribution in [2.75, 3.05) is 11.2 Å². The third kappa shape index (κ3) is 2.26. The second kappa shape index (κ2) is 4.95. The minimum Gasteiger partial charge on any atom is -0.323 e. The number of amides is 1. The maximum absolute atomic E-state index is 11.4. The average molecular weight is 276 g/mol. The highest BCUT2D eigenvalue weighted by Crippen LogP contribution is 2.29. The van der Waals surface area contributed by atoms with Crippen LogP contribution in [-0.2, 0) is 4.79 Å². The number of carbonyl (C=O) groups excluding carboxylic acids is 1. The quantitative estimate of drug-likeness (QED) is 0.877. The fraction of sp³-hybridized carbons (Fsp3) is 0.222. The van der Waals surface area contributed by atoms with Crippen molar-refractivity contribution < 1.29 is 4.79 Å². The smallest absolute Gasteiger partial charge is 0.225 e. The maximum atomic E-state index is 11.4. The number of nitrogens with zero attached hydrogens (tertiary/aromatic N) is 2. The van der Waals surface area contributed by atoms with E-state index in [1.807, 2.05) is 0 Å². The van der Waals surface area contributed by atoms with Gasteiger partial charge in [0.2, 0.25) is 5.91 Å². The second-order valence-electron chi connectivity index (χ2n) is 3.04. The first-order valence-corrected chi connectivity index (χ1v) is 6.13. The van der Waals surface area contributed by atoms with Crippen molar-refractivity contribution in [2.24, 2.45) is 0 Å². The molecule has 1 amide bonds. The Bertz CT molecular complexity index is 528. The molecule has 1 N–H and O–H groups in total. The van der Waals surface area contributed by atoms with Gasteiger partial charge in [-0.15, -0.1) is 11.6 Å². The van der Waals surface area contributed by atoms with E-state index in [0.717, 1.165) is 17.2 Å². The lowest BCUT2D eigenvalue weighted by molar-refractivity contribution is -0.115. The SMILES string of the molecule is O=C(CCCl)Nc1c(Cl)ccc2nsnc12. The Morgan fingerprint density at radius 1 is 1.44 bits per heavy atom. The monoisotopic (exact) mass is 275 g/mol. The van der Waals surface area contributed by atoms with Gasteiger partial charge in [0, 0.05) is 12.3 Å². The van der Waals surface area contributed by atoms with Gasteiger partial charge in [0.15, 0.2) is 0 Å². The van der Waals surface area contributed by atoms with Crippen LogP contribution in [0.25, 0.3) is 11.0 Å². The number of halogens is 2. The number of anilines is 1. The van der Waals surface area contributed by atoms with Crippen molar-refractivity contribution in [2.45, 2.75) is 6.42 Å². The molecule has 16 heavy (non-hydrogen) atoms. The zero-order chi connectivity index (χ0) is 11.5. The topological polar surface area (TPSA) is 54.9 Å². The van der Waals surface area contributed by atoms with E-state index in [0.29, 0.717) is 16.2 Å². The Labute approximate surface area is 106 Å². The number of carbonyl (C=O) groups is 1. The number of rotatable bonds is 3. The van der Waals surface area contributed by atoms with E-state index in [1.54, 1.807) is 12.1 Å². The Morgan fingerprint density at radius 3 is 3.00 bits per heavy atom. The van der Waals surface area contributed by atoms with Gasteiger partial charge < -0.3 is 5.32 Å². The molecule has 0 radical (unpaired) electrons. The summed E-state index contributed by atoms with van der Waals surface area (Å²) in [7, 11) is 0. The number of nitrogens with one attached hydrogen (secondary N) is 1. The van der Waals surface area contributed by atoms with E-state index in [4.69, 9.17) is 23.2 Å². The average Bonchev–Trinajstić information content (AvgIpc) is 2.71. The van der Waals surface area contributed by atoms with Crippen molar-refractivity contribution in [3.63, 3.8) is 0 Å². The predicted octanol–water partition coefficient (Wildman–Crippen LogP) is 2.91. The maximum Gasteiger partial charge on any atom is 0.225 e. The molecule has 0 bridgehead atoms. The van der Waals surface area contributed by atoms with Crippen LogP contribution in [0, 0.1) is 0 Å². The van der Waals surface area contributed by atoms with Crippen LogP contribution in [0.15, 0.2) is 12.1 Å². The lowest BCUT2D eigenvalue weighted by atomic mass is 10.2. The van der Waals surface area contributed by atoms with E-state index < -0.39 is 0 Å². The number of alkyl halides is 1. The summed E-state index contributed by atoms with van der Waals surface area (Å²) in [5.74, 6) is 0.0896. The molecule has 0 saturated carbocycles. The van der Waals surface area contributed by atoms with Crippen LogP contribution in [0.3, 0.4) is 0 Å². The Hall–Kier alpha value is -0.910. The first-order valence-electron chi connectivity index (χ1n) is 4.49. The molecule has 1 aromatic heterocycles. The first kappa shape index (κ1) is 11.6. The van der Waals surface area contributed by atoms with E-state index in [9.17, 15) is 4.79 Å². The van der Waals surface area contributed by atoms with Crippen LogP contribution in [-0.4, -0.2) is 20.5 Å². The molecule has 0 aliphatic heterocycles. The third-order valence-corrected chi connectivity index (χ3v) is 3.01. The van der Waals surface area contributed by atoms with Gasteiger partial charge in [0.25, 0.3) is 0 Å². The third-order valence-electron chi connectivity index (χ3n) is 1.96. The normalized spacial score (nSPS) is 10.6. The van der Waals surface area contributed by atoms with Crippen LogP contribution in [0.2, 0.25) is 5.02 Å². The molecule has 1 aromatic carbocycles. The molecular formula is C9H7Cl2N3OS. The van der Waals surface area contributed by atoms with Gasteiger partial charge in [0.05, 0.1) is 22.4 Å². The van der Waals surface area contributed by atoms with Gasteiger partial charge in [-0.2, -0.15) is 8.75 Å². The lowest BCUT2D eigenvalue weighted by Crippen LogP contribution is -2.12. The molecule has 0 fully saturated rings. The first-order chi connectivity index (χ1) is 7.72. The molecule has 0 aliphatic carbocycles. The van der Waals surface area contributed by atoms with Crippen LogP contribution in [0.4, 0.5) is 5.69 Å². The molecule has 84 valence electrons. The van der Waals surface area contributed by atoms with Crippen molar-refractivity contribution in [3.05, 3.63) is 17.2 Å². The summed E-state index contributed by atoms with van der Waals surface area (Å²) >= 11 is 12.6. The summed E-state index contributed by atoms with van der Waals surface area (Å²) in [6.07, 6.45) is 0.242. The Kier molecular flexibility index (Phi) is 3.58. The molecule has 2 aromatic rings.